The summed E-state index contributed by atoms with van der Waals surface area (Å²) >= 11 is 0. The van der Waals surface area contributed by atoms with Crippen LogP contribution in [0.25, 0.3) is 0 Å². The molecule has 1 aliphatic carbocycles. The lowest BCUT2D eigenvalue weighted by Gasteiger charge is -2.51. The molecule has 8 nitrogen and oxygen atoms in total. The highest BCUT2D eigenvalue weighted by atomic mass is 16.7. The number of ether oxygens (including phenoxy) is 1. The normalized spacial score (nSPS) is 31.6. The third-order valence-electron chi connectivity index (χ3n) is 7.56. The molecule has 4 rings (SSSR count). The second kappa shape index (κ2) is 8.75. The van der Waals surface area contributed by atoms with E-state index in [2.05, 4.69) is 11.0 Å². The van der Waals surface area contributed by atoms with E-state index in [0.717, 1.165) is 58.4 Å². The van der Waals surface area contributed by atoms with Crippen molar-refractivity contribution in [3.05, 3.63) is 11.6 Å². The SMILES string of the molecule is CCOC(=O)N1CCC2(CC(N3CC=C([C@@H]4CCCN4C(=O)N(C)OC)CC3)C2)C1. The van der Waals surface area contributed by atoms with Crippen LogP contribution < -0.4 is 0 Å². The van der Waals surface area contributed by atoms with Gasteiger partial charge in [-0.05, 0) is 56.4 Å². The van der Waals surface area contributed by atoms with Gasteiger partial charge in [0.15, 0.2) is 0 Å². The summed E-state index contributed by atoms with van der Waals surface area (Å²) in [6.45, 7) is 6.82. The Kier molecular flexibility index (Phi) is 6.25. The summed E-state index contributed by atoms with van der Waals surface area (Å²) in [6.07, 6.45) is 8.79. The minimum absolute atomic E-state index is 0.0448. The van der Waals surface area contributed by atoms with Gasteiger partial charge >= 0.3 is 12.1 Å². The summed E-state index contributed by atoms with van der Waals surface area (Å²) in [6, 6.07) is 0.792. The molecule has 1 spiro atoms. The van der Waals surface area contributed by atoms with Gasteiger partial charge in [-0.25, -0.2) is 14.7 Å². The number of nitrogens with zero attached hydrogens (tertiary/aromatic N) is 4. The predicted molar refractivity (Wildman–Crippen MR) is 113 cm³/mol. The highest BCUT2D eigenvalue weighted by Crippen LogP contribution is 2.50. The lowest BCUT2D eigenvalue weighted by molar-refractivity contribution is -0.0762. The van der Waals surface area contributed by atoms with Crippen LogP contribution in [0.2, 0.25) is 0 Å². The first-order chi connectivity index (χ1) is 14.5. The molecule has 8 heteroatoms. The van der Waals surface area contributed by atoms with Gasteiger partial charge < -0.3 is 14.5 Å². The monoisotopic (exact) mass is 420 g/mol. The van der Waals surface area contributed by atoms with Crippen LogP contribution in [0.5, 0.6) is 0 Å². The molecule has 30 heavy (non-hydrogen) atoms. The maximum atomic E-state index is 12.6. The van der Waals surface area contributed by atoms with E-state index < -0.39 is 0 Å². The molecule has 3 heterocycles. The minimum Gasteiger partial charge on any atom is -0.450 e. The van der Waals surface area contributed by atoms with Crippen LogP contribution >= 0.6 is 0 Å². The molecule has 0 unspecified atom stereocenters. The van der Waals surface area contributed by atoms with Gasteiger partial charge in [0.25, 0.3) is 0 Å². The molecule has 3 aliphatic heterocycles. The first kappa shape index (κ1) is 21.4. The van der Waals surface area contributed by atoms with Gasteiger partial charge in [-0.2, -0.15) is 0 Å². The van der Waals surface area contributed by atoms with Crippen LogP contribution in [-0.4, -0.2) is 97.5 Å². The maximum absolute atomic E-state index is 12.6. The van der Waals surface area contributed by atoms with Gasteiger partial charge in [0.05, 0.1) is 19.8 Å². The molecule has 0 bridgehead atoms. The number of urea groups is 1. The third-order valence-corrected chi connectivity index (χ3v) is 7.56. The van der Waals surface area contributed by atoms with Crippen molar-refractivity contribution >= 4 is 12.1 Å². The third kappa shape index (κ3) is 4.04. The molecule has 1 atom stereocenters. The second-order valence-electron chi connectivity index (χ2n) is 9.27. The number of carbonyl (C=O) groups is 2. The van der Waals surface area contributed by atoms with Crippen LogP contribution in [0.1, 0.15) is 45.4 Å². The summed E-state index contributed by atoms with van der Waals surface area (Å²) < 4.78 is 5.17. The fourth-order valence-corrected chi connectivity index (χ4v) is 5.81. The van der Waals surface area contributed by atoms with E-state index in [-0.39, 0.29) is 18.2 Å². The molecule has 0 aromatic rings. The zero-order valence-electron chi connectivity index (χ0n) is 18.6. The highest BCUT2D eigenvalue weighted by molar-refractivity contribution is 5.74. The lowest BCUT2D eigenvalue weighted by Crippen LogP contribution is -2.53. The maximum Gasteiger partial charge on any atom is 0.409 e. The van der Waals surface area contributed by atoms with Crippen LogP contribution in [0.4, 0.5) is 9.59 Å². The van der Waals surface area contributed by atoms with E-state index in [4.69, 9.17) is 9.57 Å². The van der Waals surface area contributed by atoms with Gasteiger partial charge in [-0.1, -0.05) is 6.08 Å². The van der Waals surface area contributed by atoms with Crippen molar-refractivity contribution in [1.29, 1.82) is 0 Å². The van der Waals surface area contributed by atoms with Gasteiger partial charge in [0.1, 0.15) is 0 Å². The van der Waals surface area contributed by atoms with Crippen molar-refractivity contribution in [2.45, 2.75) is 57.5 Å². The lowest BCUT2D eigenvalue weighted by atomic mass is 9.64. The summed E-state index contributed by atoms with van der Waals surface area (Å²) in [5.41, 5.74) is 1.71. The van der Waals surface area contributed by atoms with Gasteiger partial charge in [0.2, 0.25) is 0 Å². The van der Waals surface area contributed by atoms with Crippen molar-refractivity contribution in [2.75, 3.05) is 53.5 Å². The summed E-state index contributed by atoms with van der Waals surface area (Å²) in [7, 11) is 3.20. The van der Waals surface area contributed by atoms with E-state index in [0.29, 0.717) is 18.1 Å². The Hall–Kier alpha value is -1.80. The molecule has 3 amide bonds. The fourth-order valence-electron chi connectivity index (χ4n) is 5.81. The highest BCUT2D eigenvalue weighted by Gasteiger charge is 2.51. The van der Waals surface area contributed by atoms with E-state index in [1.54, 1.807) is 7.05 Å². The number of likely N-dealkylation sites (tertiary alicyclic amines) is 2. The Balaban J connectivity index is 1.28. The zero-order valence-corrected chi connectivity index (χ0v) is 18.6. The molecule has 0 aromatic carbocycles. The predicted octanol–water partition coefficient (Wildman–Crippen LogP) is 2.71. The zero-order chi connectivity index (χ0) is 21.3. The molecule has 3 fully saturated rings. The number of carbonyl (C=O) groups excluding carboxylic acids is 2. The molecule has 168 valence electrons. The standard InChI is InChI=1S/C22H36N4O4/c1-4-30-21(28)25-13-9-22(16-25)14-18(15-22)24-11-7-17(8-12-24)19-6-5-10-26(19)20(27)23(2)29-3/h7,18-19H,4-6,8-16H2,1-3H3/t18?,19-,22?/m0/s1. The van der Waals surface area contributed by atoms with Crippen LogP contribution in [-0.2, 0) is 9.57 Å². The van der Waals surface area contributed by atoms with Crippen LogP contribution in [0.3, 0.4) is 0 Å². The first-order valence-electron chi connectivity index (χ1n) is 11.4. The molecule has 4 aliphatic rings. The number of hydroxylamine groups is 2. The van der Waals surface area contributed by atoms with E-state index in [9.17, 15) is 9.59 Å². The Morgan fingerprint density at radius 1 is 1.27 bits per heavy atom. The minimum atomic E-state index is -0.154. The van der Waals surface area contributed by atoms with E-state index in [1.807, 2.05) is 16.7 Å². The molecule has 2 saturated heterocycles. The number of hydrogen-bond acceptors (Lipinski definition) is 5. The quantitative estimate of drug-likeness (QED) is 0.517. The average molecular weight is 421 g/mol. The molecule has 1 saturated carbocycles. The van der Waals surface area contributed by atoms with Crippen molar-refractivity contribution in [1.82, 2.24) is 19.8 Å². The largest absolute Gasteiger partial charge is 0.450 e. The summed E-state index contributed by atoms with van der Waals surface area (Å²) in [5.74, 6) is 0. The summed E-state index contributed by atoms with van der Waals surface area (Å²) in [5, 5.41) is 1.32. The Morgan fingerprint density at radius 3 is 2.73 bits per heavy atom. The second-order valence-corrected chi connectivity index (χ2v) is 9.27. The van der Waals surface area contributed by atoms with Crippen LogP contribution in [0.15, 0.2) is 11.6 Å². The Labute approximate surface area is 179 Å². The van der Waals surface area contributed by atoms with Crippen LogP contribution in [0, 0.1) is 5.41 Å². The van der Waals surface area contributed by atoms with E-state index >= 15 is 0 Å². The number of hydrogen-bond donors (Lipinski definition) is 0. The number of amides is 3. The van der Waals surface area contributed by atoms with E-state index in [1.165, 1.54) is 30.6 Å². The molecule has 0 N–H and O–H groups in total. The van der Waals surface area contributed by atoms with Gasteiger partial charge in [0, 0.05) is 45.8 Å². The Bertz CT molecular complexity index is 691. The first-order valence-corrected chi connectivity index (χ1v) is 11.4. The molecule has 0 aromatic heterocycles. The fraction of sp³-hybridized carbons (Fsp3) is 0.818. The Morgan fingerprint density at radius 2 is 2.07 bits per heavy atom. The average Bonchev–Trinajstić information content (AvgIpc) is 3.39. The van der Waals surface area contributed by atoms with Gasteiger partial charge in [-0.3, -0.25) is 9.74 Å². The van der Waals surface area contributed by atoms with Gasteiger partial charge in [-0.15, -0.1) is 0 Å². The van der Waals surface area contributed by atoms with Crippen molar-refractivity contribution in [3.8, 4) is 0 Å². The van der Waals surface area contributed by atoms with Crippen molar-refractivity contribution < 1.29 is 19.2 Å². The number of rotatable bonds is 4. The van der Waals surface area contributed by atoms with Crippen molar-refractivity contribution in [2.24, 2.45) is 5.41 Å². The molecular formula is C22H36N4O4. The topological polar surface area (TPSA) is 65.6 Å². The van der Waals surface area contributed by atoms with Crippen molar-refractivity contribution in [3.63, 3.8) is 0 Å². The molecule has 0 radical (unpaired) electrons. The molecular weight excluding hydrogens is 384 g/mol. The smallest absolute Gasteiger partial charge is 0.409 e. The summed E-state index contributed by atoms with van der Waals surface area (Å²) in [4.78, 5) is 36.1.